The molecule has 0 aliphatic carbocycles. The third kappa shape index (κ3) is 1.89. The van der Waals surface area contributed by atoms with E-state index in [1.807, 2.05) is 11.8 Å². The second-order valence-corrected chi connectivity index (χ2v) is 4.58. The van der Waals surface area contributed by atoms with E-state index < -0.39 is 6.10 Å². The summed E-state index contributed by atoms with van der Waals surface area (Å²) in [6, 6.07) is 0.292. The number of ether oxygens (including phenoxy) is 1. The summed E-state index contributed by atoms with van der Waals surface area (Å²) in [4.78, 5) is 13.6. The molecule has 2 rings (SSSR count). The first kappa shape index (κ1) is 11.7. The van der Waals surface area contributed by atoms with E-state index in [0.717, 1.165) is 19.4 Å². The van der Waals surface area contributed by atoms with Crippen molar-refractivity contribution in [3.05, 3.63) is 0 Å². The second kappa shape index (κ2) is 4.59. The van der Waals surface area contributed by atoms with Gasteiger partial charge in [0.2, 0.25) is 0 Å². The molecule has 0 aromatic carbocycles. The normalized spacial score (nSPS) is 34.9. The van der Waals surface area contributed by atoms with E-state index >= 15 is 0 Å². The quantitative estimate of drug-likeness (QED) is 0.715. The van der Waals surface area contributed by atoms with Gasteiger partial charge in [0.25, 0.3) is 0 Å². The van der Waals surface area contributed by atoms with Crippen molar-refractivity contribution in [2.24, 2.45) is 0 Å². The van der Waals surface area contributed by atoms with E-state index in [1.165, 1.54) is 0 Å². The fourth-order valence-electron chi connectivity index (χ4n) is 2.85. The van der Waals surface area contributed by atoms with Gasteiger partial charge in [0.05, 0.1) is 24.8 Å². The summed E-state index contributed by atoms with van der Waals surface area (Å²) in [5.74, 6) is 0. The van der Waals surface area contributed by atoms with Crippen molar-refractivity contribution in [2.75, 3.05) is 13.2 Å². The average molecular weight is 228 g/mol. The number of piperazine rings is 1. The van der Waals surface area contributed by atoms with Gasteiger partial charge in [0, 0.05) is 12.6 Å². The fourth-order valence-corrected chi connectivity index (χ4v) is 2.85. The van der Waals surface area contributed by atoms with E-state index in [1.54, 1.807) is 6.92 Å². The highest BCUT2D eigenvalue weighted by Gasteiger charge is 2.46. The lowest BCUT2D eigenvalue weighted by molar-refractivity contribution is 0.0337. The van der Waals surface area contributed by atoms with Crippen molar-refractivity contribution >= 4 is 6.09 Å². The molecule has 2 N–H and O–H groups in total. The monoisotopic (exact) mass is 228 g/mol. The van der Waals surface area contributed by atoms with Crippen molar-refractivity contribution in [2.45, 2.75) is 50.9 Å². The van der Waals surface area contributed by atoms with Gasteiger partial charge in [-0.05, 0) is 26.7 Å². The van der Waals surface area contributed by atoms with Gasteiger partial charge in [0.15, 0.2) is 0 Å². The number of carbonyl (C=O) groups is 1. The van der Waals surface area contributed by atoms with Crippen LogP contribution in [0.1, 0.15) is 26.7 Å². The van der Waals surface area contributed by atoms with Crippen LogP contribution < -0.4 is 5.32 Å². The van der Waals surface area contributed by atoms with Crippen LogP contribution in [0.2, 0.25) is 0 Å². The van der Waals surface area contributed by atoms with E-state index in [9.17, 15) is 9.90 Å². The number of amides is 1. The number of hydrogen-bond donors (Lipinski definition) is 2. The highest BCUT2D eigenvalue weighted by Crippen LogP contribution is 2.31. The molecule has 5 heteroatoms. The molecule has 2 aliphatic heterocycles. The molecule has 92 valence electrons. The van der Waals surface area contributed by atoms with Gasteiger partial charge in [-0.25, -0.2) is 4.79 Å². The molecular weight excluding hydrogens is 208 g/mol. The number of aliphatic hydroxyl groups is 1. The molecule has 2 fully saturated rings. The number of hydrogen-bond acceptors (Lipinski definition) is 4. The summed E-state index contributed by atoms with van der Waals surface area (Å²) in [6.45, 7) is 4.74. The predicted molar refractivity (Wildman–Crippen MR) is 59.1 cm³/mol. The Labute approximate surface area is 95.8 Å². The Morgan fingerprint density at radius 3 is 3.00 bits per heavy atom. The molecule has 0 saturated carbocycles. The Bertz CT molecular complexity index is 270. The average Bonchev–Trinajstić information content (AvgIpc) is 2.52. The van der Waals surface area contributed by atoms with Crippen LogP contribution in [-0.4, -0.2) is 53.5 Å². The number of carbonyl (C=O) groups excluding carboxylic acids is 1. The summed E-state index contributed by atoms with van der Waals surface area (Å²) < 4.78 is 5.07. The number of nitrogens with one attached hydrogen (secondary N) is 1. The van der Waals surface area contributed by atoms with Gasteiger partial charge in [0.1, 0.15) is 0 Å². The van der Waals surface area contributed by atoms with Gasteiger partial charge in [-0.15, -0.1) is 0 Å². The van der Waals surface area contributed by atoms with Crippen LogP contribution in [-0.2, 0) is 4.74 Å². The smallest absolute Gasteiger partial charge is 0.410 e. The van der Waals surface area contributed by atoms with E-state index in [2.05, 4.69) is 5.32 Å². The van der Waals surface area contributed by atoms with Crippen molar-refractivity contribution < 1.29 is 14.6 Å². The Hall–Kier alpha value is -0.810. The summed E-state index contributed by atoms with van der Waals surface area (Å²) in [6.07, 6.45) is 1.27. The highest BCUT2D eigenvalue weighted by molar-refractivity contribution is 5.69. The molecule has 0 aromatic heterocycles. The topological polar surface area (TPSA) is 61.8 Å². The zero-order chi connectivity index (χ0) is 11.7. The SMILES string of the molecule is CCOC(=O)N1[C@@H]2CC[C@H]1[C@@H]([C@H](C)O)NC2. The molecule has 16 heavy (non-hydrogen) atoms. The lowest BCUT2D eigenvalue weighted by atomic mass is 10.0. The van der Waals surface area contributed by atoms with Crippen LogP contribution in [0, 0.1) is 0 Å². The largest absolute Gasteiger partial charge is 0.450 e. The standard InChI is InChI=1S/C11H20N2O3/c1-3-16-11(15)13-8-4-5-9(13)10(7(2)14)12-6-8/h7-10,12,14H,3-6H2,1-2H3/t7-,8+,9-,10+/m0/s1. The van der Waals surface area contributed by atoms with Crippen LogP contribution in [0.25, 0.3) is 0 Å². The van der Waals surface area contributed by atoms with Crippen LogP contribution in [0.4, 0.5) is 4.79 Å². The maximum atomic E-state index is 11.8. The number of aliphatic hydroxyl groups excluding tert-OH is 1. The molecule has 2 heterocycles. The van der Waals surface area contributed by atoms with Gasteiger partial charge in [-0.3, -0.25) is 4.90 Å². The van der Waals surface area contributed by atoms with Gasteiger partial charge in [-0.1, -0.05) is 0 Å². The Kier molecular flexibility index (Phi) is 3.35. The van der Waals surface area contributed by atoms with E-state index in [0.29, 0.717) is 6.61 Å². The molecular formula is C11H20N2O3. The molecule has 2 bridgehead atoms. The van der Waals surface area contributed by atoms with Crippen LogP contribution in [0.5, 0.6) is 0 Å². The number of nitrogens with zero attached hydrogens (tertiary/aromatic N) is 1. The molecule has 0 spiro atoms. The van der Waals surface area contributed by atoms with Crippen LogP contribution in [0.3, 0.4) is 0 Å². The Morgan fingerprint density at radius 2 is 2.38 bits per heavy atom. The van der Waals surface area contributed by atoms with Crippen molar-refractivity contribution in [3.8, 4) is 0 Å². The summed E-state index contributed by atoms with van der Waals surface area (Å²) in [5.41, 5.74) is 0. The fraction of sp³-hybridized carbons (Fsp3) is 0.909. The Balaban J connectivity index is 2.10. The molecule has 5 nitrogen and oxygen atoms in total. The van der Waals surface area contributed by atoms with E-state index in [-0.39, 0.29) is 24.2 Å². The lowest BCUT2D eigenvalue weighted by Crippen LogP contribution is -2.62. The maximum absolute atomic E-state index is 11.8. The Morgan fingerprint density at radius 1 is 1.62 bits per heavy atom. The molecule has 0 radical (unpaired) electrons. The van der Waals surface area contributed by atoms with Crippen LogP contribution >= 0.6 is 0 Å². The van der Waals surface area contributed by atoms with Crippen molar-refractivity contribution in [1.82, 2.24) is 10.2 Å². The second-order valence-electron chi connectivity index (χ2n) is 4.58. The van der Waals surface area contributed by atoms with E-state index in [4.69, 9.17) is 4.74 Å². The third-order valence-electron chi connectivity index (χ3n) is 3.55. The first-order valence-corrected chi connectivity index (χ1v) is 6.01. The summed E-state index contributed by atoms with van der Waals surface area (Å²) >= 11 is 0. The maximum Gasteiger partial charge on any atom is 0.410 e. The van der Waals surface area contributed by atoms with Gasteiger partial charge < -0.3 is 15.2 Å². The minimum absolute atomic E-state index is 0.0249. The number of rotatable bonds is 2. The summed E-state index contributed by atoms with van der Waals surface area (Å²) in [5, 5.41) is 13.0. The first-order chi connectivity index (χ1) is 7.65. The predicted octanol–water partition coefficient (Wildman–Crippen LogP) is 0.328. The van der Waals surface area contributed by atoms with Crippen LogP contribution in [0.15, 0.2) is 0 Å². The van der Waals surface area contributed by atoms with Crippen molar-refractivity contribution in [1.29, 1.82) is 0 Å². The van der Waals surface area contributed by atoms with Gasteiger partial charge in [-0.2, -0.15) is 0 Å². The highest BCUT2D eigenvalue weighted by atomic mass is 16.6. The first-order valence-electron chi connectivity index (χ1n) is 6.01. The lowest BCUT2D eigenvalue weighted by Gasteiger charge is -2.41. The minimum Gasteiger partial charge on any atom is -0.450 e. The molecule has 4 atom stereocenters. The molecule has 2 saturated heterocycles. The molecule has 2 aliphatic rings. The zero-order valence-corrected chi connectivity index (χ0v) is 9.85. The third-order valence-corrected chi connectivity index (χ3v) is 3.55. The molecule has 1 amide bonds. The molecule has 0 aromatic rings. The summed E-state index contributed by atoms with van der Waals surface area (Å²) in [7, 11) is 0. The minimum atomic E-state index is -0.444. The zero-order valence-electron chi connectivity index (χ0n) is 9.85. The van der Waals surface area contributed by atoms with Crippen molar-refractivity contribution in [3.63, 3.8) is 0 Å². The molecule has 0 unspecified atom stereocenters. The number of fused-ring (bicyclic) bond motifs is 2. The van der Waals surface area contributed by atoms with Gasteiger partial charge >= 0.3 is 6.09 Å².